The Hall–Kier alpha value is -1.84. The number of esters is 2. The number of hydrogen-bond acceptors (Lipinski definition) is 4. The fourth-order valence-electron chi connectivity index (χ4n) is 1.67. The summed E-state index contributed by atoms with van der Waals surface area (Å²) in [6.45, 7) is 9.47. The highest BCUT2D eigenvalue weighted by Crippen LogP contribution is 2.38. The van der Waals surface area contributed by atoms with Crippen LogP contribution >= 0.6 is 0 Å². The van der Waals surface area contributed by atoms with Gasteiger partial charge in [-0.15, -0.1) is 0 Å². The topological polar surface area (TPSA) is 52.6 Å². The fraction of sp³-hybridized carbons (Fsp3) is 0.500. The van der Waals surface area contributed by atoms with Crippen molar-refractivity contribution in [3.63, 3.8) is 0 Å². The predicted octanol–water partition coefficient (Wildman–Crippen LogP) is 3.61. The van der Waals surface area contributed by atoms with Crippen molar-refractivity contribution in [3.05, 3.63) is 23.8 Å². The number of benzene rings is 1. The first-order valence-electron chi connectivity index (χ1n) is 6.84. The fourth-order valence-corrected chi connectivity index (χ4v) is 1.67. The Bertz CT molecular complexity index is 498. The summed E-state index contributed by atoms with van der Waals surface area (Å²) in [5.74, 6) is -0.0694. The summed E-state index contributed by atoms with van der Waals surface area (Å²) >= 11 is 0. The maximum Gasteiger partial charge on any atom is 0.311 e. The van der Waals surface area contributed by atoms with Crippen LogP contribution in [0.5, 0.6) is 11.5 Å². The standard InChI is InChI=1S/C16H22O4/c1-6-13(17)19-12-10-8-9-11(16(3,4)5)15(12)20-14(18)7-2/h8-10H,6-7H2,1-5H3. The van der Waals surface area contributed by atoms with Gasteiger partial charge in [-0.25, -0.2) is 0 Å². The van der Waals surface area contributed by atoms with Crippen LogP contribution < -0.4 is 9.47 Å². The van der Waals surface area contributed by atoms with Crippen LogP contribution in [0.25, 0.3) is 0 Å². The molecule has 0 N–H and O–H groups in total. The molecule has 0 heterocycles. The lowest BCUT2D eigenvalue weighted by Crippen LogP contribution is -2.17. The molecule has 1 rings (SSSR count). The molecule has 0 aliphatic carbocycles. The first-order valence-corrected chi connectivity index (χ1v) is 6.84. The molecule has 0 atom stereocenters. The van der Waals surface area contributed by atoms with Gasteiger partial charge >= 0.3 is 11.9 Å². The Morgan fingerprint density at radius 2 is 1.55 bits per heavy atom. The third-order valence-electron chi connectivity index (χ3n) is 2.80. The summed E-state index contributed by atoms with van der Waals surface area (Å²) in [5, 5.41) is 0. The van der Waals surface area contributed by atoms with Gasteiger partial charge in [0, 0.05) is 18.4 Å². The number of carbonyl (C=O) groups is 2. The third-order valence-corrected chi connectivity index (χ3v) is 2.80. The van der Waals surface area contributed by atoms with Crippen LogP contribution in [0.1, 0.15) is 53.0 Å². The van der Waals surface area contributed by atoms with Crippen molar-refractivity contribution in [3.8, 4) is 11.5 Å². The second kappa shape index (κ2) is 6.55. The number of carbonyl (C=O) groups excluding carboxylic acids is 2. The predicted molar refractivity (Wildman–Crippen MR) is 77.0 cm³/mol. The van der Waals surface area contributed by atoms with Gasteiger partial charge in [0.2, 0.25) is 0 Å². The Morgan fingerprint density at radius 1 is 1.00 bits per heavy atom. The van der Waals surface area contributed by atoms with E-state index in [-0.39, 0.29) is 30.2 Å². The van der Waals surface area contributed by atoms with Crippen LogP contribution in [0.4, 0.5) is 0 Å². The van der Waals surface area contributed by atoms with Gasteiger partial charge in [0.05, 0.1) is 0 Å². The summed E-state index contributed by atoms with van der Waals surface area (Å²) in [6, 6.07) is 5.31. The number of para-hydroxylation sites is 1. The summed E-state index contributed by atoms with van der Waals surface area (Å²) < 4.78 is 10.6. The van der Waals surface area contributed by atoms with Gasteiger partial charge in [0.1, 0.15) is 0 Å². The van der Waals surface area contributed by atoms with Gasteiger partial charge in [0.15, 0.2) is 11.5 Å². The van der Waals surface area contributed by atoms with Crippen LogP contribution in [0.3, 0.4) is 0 Å². The van der Waals surface area contributed by atoms with Gasteiger partial charge in [-0.3, -0.25) is 9.59 Å². The highest BCUT2D eigenvalue weighted by atomic mass is 16.6. The Labute approximate surface area is 120 Å². The van der Waals surface area contributed by atoms with E-state index in [9.17, 15) is 9.59 Å². The van der Waals surface area contributed by atoms with Crippen LogP contribution in [-0.4, -0.2) is 11.9 Å². The minimum atomic E-state index is -0.357. The SMILES string of the molecule is CCC(=O)Oc1cccc(C(C)(C)C)c1OC(=O)CC. The van der Waals surface area contributed by atoms with E-state index >= 15 is 0 Å². The van der Waals surface area contributed by atoms with Gasteiger partial charge in [-0.05, 0) is 11.5 Å². The zero-order chi connectivity index (χ0) is 15.3. The van der Waals surface area contributed by atoms with E-state index in [0.29, 0.717) is 11.5 Å². The molecule has 0 unspecified atom stereocenters. The van der Waals surface area contributed by atoms with Crippen LogP contribution in [-0.2, 0) is 15.0 Å². The summed E-state index contributed by atoms with van der Waals surface area (Å²) in [5.41, 5.74) is 0.610. The molecule has 20 heavy (non-hydrogen) atoms. The Balaban J connectivity index is 3.28. The second-order valence-corrected chi connectivity index (χ2v) is 5.54. The van der Waals surface area contributed by atoms with Crippen molar-refractivity contribution in [2.45, 2.75) is 52.9 Å². The molecule has 4 heteroatoms. The molecule has 0 spiro atoms. The van der Waals surface area contributed by atoms with E-state index in [2.05, 4.69) is 0 Å². The van der Waals surface area contributed by atoms with Crippen molar-refractivity contribution in [1.29, 1.82) is 0 Å². The normalized spacial score (nSPS) is 11.1. The first-order chi connectivity index (χ1) is 9.29. The molecule has 0 aromatic heterocycles. The van der Waals surface area contributed by atoms with Crippen LogP contribution in [0.15, 0.2) is 18.2 Å². The molecule has 4 nitrogen and oxygen atoms in total. The number of hydrogen-bond donors (Lipinski definition) is 0. The Morgan fingerprint density at radius 3 is 2.05 bits per heavy atom. The van der Waals surface area contributed by atoms with E-state index in [1.54, 1.807) is 26.0 Å². The zero-order valence-electron chi connectivity index (χ0n) is 12.8. The molecular formula is C16H22O4. The molecule has 0 saturated carbocycles. The van der Waals surface area contributed by atoms with Gasteiger partial charge in [-0.1, -0.05) is 46.8 Å². The average Bonchev–Trinajstić information content (AvgIpc) is 2.38. The molecule has 0 bridgehead atoms. The molecule has 110 valence electrons. The van der Waals surface area contributed by atoms with Gasteiger partial charge < -0.3 is 9.47 Å². The van der Waals surface area contributed by atoms with Crippen molar-refractivity contribution >= 4 is 11.9 Å². The molecule has 0 aliphatic heterocycles. The van der Waals surface area contributed by atoms with Gasteiger partial charge in [-0.2, -0.15) is 0 Å². The van der Waals surface area contributed by atoms with Crippen LogP contribution in [0, 0.1) is 0 Å². The van der Waals surface area contributed by atoms with E-state index in [0.717, 1.165) is 5.56 Å². The minimum Gasteiger partial charge on any atom is -0.423 e. The summed E-state index contributed by atoms with van der Waals surface area (Å²) in [7, 11) is 0. The van der Waals surface area contributed by atoms with E-state index in [1.165, 1.54) is 0 Å². The quantitative estimate of drug-likeness (QED) is 0.623. The van der Waals surface area contributed by atoms with Crippen LogP contribution in [0.2, 0.25) is 0 Å². The second-order valence-electron chi connectivity index (χ2n) is 5.54. The van der Waals surface area contributed by atoms with E-state index < -0.39 is 0 Å². The zero-order valence-corrected chi connectivity index (χ0v) is 12.8. The lowest BCUT2D eigenvalue weighted by molar-refractivity contribution is -0.136. The van der Waals surface area contributed by atoms with Crippen molar-refractivity contribution in [2.75, 3.05) is 0 Å². The van der Waals surface area contributed by atoms with Crippen molar-refractivity contribution < 1.29 is 19.1 Å². The molecule has 1 aromatic rings. The minimum absolute atomic E-state index is 0.224. The molecule has 0 amide bonds. The van der Waals surface area contributed by atoms with Crippen molar-refractivity contribution in [1.82, 2.24) is 0 Å². The largest absolute Gasteiger partial charge is 0.423 e. The molecule has 0 aliphatic rings. The monoisotopic (exact) mass is 278 g/mol. The molecule has 0 fully saturated rings. The molecule has 0 radical (unpaired) electrons. The molecule has 0 saturated heterocycles. The maximum absolute atomic E-state index is 11.6. The first kappa shape index (κ1) is 16.2. The maximum atomic E-state index is 11.6. The average molecular weight is 278 g/mol. The van der Waals surface area contributed by atoms with Gasteiger partial charge in [0.25, 0.3) is 0 Å². The number of ether oxygens (including phenoxy) is 2. The van der Waals surface area contributed by atoms with E-state index in [1.807, 2.05) is 26.8 Å². The lowest BCUT2D eigenvalue weighted by atomic mass is 9.86. The van der Waals surface area contributed by atoms with Crippen molar-refractivity contribution in [2.24, 2.45) is 0 Å². The smallest absolute Gasteiger partial charge is 0.311 e. The third kappa shape index (κ3) is 4.08. The summed E-state index contributed by atoms with van der Waals surface area (Å²) in [4.78, 5) is 23.1. The highest BCUT2D eigenvalue weighted by molar-refractivity contribution is 5.76. The molecule has 1 aromatic carbocycles. The Kier molecular flexibility index (Phi) is 5.31. The molecular weight excluding hydrogens is 256 g/mol. The summed E-state index contributed by atoms with van der Waals surface area (Å²) in [6.07, 6.45) is 0.528. The van der Waals surface area contributed by atoms with E-state index in [4.69, 9.17) is 9.47 Å². The number of rotatable bonds is 4. The highest BCUT2D eigenvalue weighted by Gasteiger charge is 2.24. The lowest BCUT2D eigenvalue weighted by Gasteiger charge is -2.23.